The van der Waals surface area contributed by atoms with Crippen LogP contribution in [0.25, 0.3) is 0 Å². The van der Waals surface area contributed by atoms with Crippen LogP contribution in [0.5, 0.6) is 11.5 Å². The molecule has 0 aliphatic carbocycles. The monoisotopic (exact) mass is 521 g/mol. The number of rotatable bonds is 8. The molecule has 0 saturated carbocycles. The number of nitrogens with zero attached hydrogens (tertiary/aromatic N) is 3. The van der Waals surface area contributed by atoms with Crippen LogP contribution >= 0.6 is 0 Å². The Kier molecular flexibility index (Phi) is 9.16. The molecule has 11 heteroatoms. The number of phenolic OH excluding ortho intramolecular Hbond substituents is 1. The second kappa shape index (κ2) is 11.9. The molecule has 0 unspecified atom stereocenters. The summed E-state index contributed by atoms with van der Waals surface area (Å²) in [7, 11) is 1.50. The molecular weight excluding hydrogens is 487 g/mol. The summed E-state index contributed by atoms with van der Waals surface area (Å²) >= 11 is 0. The van der Waals surface area contributed by atoms with Crippen molar-refractivity contribution in [2.75, 3.05) is 51.3 Å². The summed E-state index contributed by atoms with van der Waals surface area (Å²) in [5.41, 5.74) is 2.39. The van der Waals surface area contributed by atoms with Gasteiger partial charge in [-0.15, -0.1) is 0 Å². The first-order valence-electron chi connectivity index (χ1n) is 12.0. The predicted octanol–water partition coefficient (Wildman–Crippen LogP) is 4.01. The normalized spacial score (nSPS) is 15.1. The SMILES string of the molecule is COc1cc(O)c(C(=N)N(C(=N)CO)c2ccc(CN3CCN(CC(F)(F)F)CC3)cc2)cc1C(C)C. The van der Waals surface area contributed by atoms with E-state index in [4.69, 9.17) is 15.6 Å². The van der Waals surface area contributed by atoms with Gasteiger partial charge < -0.3 is 14.9 Å². The largest absolute Gasteiger partial charge is 0.507 e. The third-order valence-corrected chi connectivity index (χ3v) is 6.34. The second-order valence-electron chi connectivity index (χ2n) is 9.39. The van der Waals surface area contributed by atoms with Crippen molar-refractivity contribution in [1.29, 1.82) is 10.8 Å². The topological polar surface area (TPSA) is 107 Å². The Labute approximate surface area is 214 Å². The van der Waals surface area contributed by atoms with Gasteiger partial charge in [-0.05, 0) is 35.2 Å². The summed E-state index contributed by atoms with van der Waals surface area (Å²) < 4.78 is 43.2. The third kappa shape index (κ3) is 7.21. The predicted molar refractivity (Wildman–Crippen MR) is 137 cm³/mol. The molecule has 0 spiro atoms. The van der Waals surface area contributed by atoms with E-state index < -0.39 is 19.3 Å². The van der Waals surface area contributed by atoms with E-state index in [2.05, 4.69) is 4.90 Å². The minimum absolute atomic E-state index is 0.0578. The molecule has 2 aromatic rings. The van der Waals surface area contributed by atoms with Gasteiger partial charge in [0, 0.05) is 44.5 Å². The number of phenols is 1. The number of anilines is 1. The highest BCUT2D eigenvalue weighted by Crippen LogP contribution is 2.34. The van der Waals surface area contributed by atoms with Crippen LogP contribution < -0.4 is 9.64 Å². The summed E-state index contributed by atoms with van der Waals surface area (Å²) in [6, 6.07) is 10.2. The minimum atomic E-state index is -4.20. The van der Waals surface area contributed by atoms with E-state index in [1.165, 1.54) is 23.0 Å². The molecule has 2 aromatic carbocycles. The smallest absolute Gasteiger partial charge is 0.401 e. The molecule has 1 fully saturated rings. The van der Waals surface area contributed by atoms with Gasteiger partial charge in [0.15, 0.2) is 0 Å². The average molecular weight is 522 g/mol. The summed E-state index contributed by atoms with van der Waals surface area (Å²) in [5.74, 6) is -0.0309. The fourth-order valence-electron chi connectivity index (χ4n) is 4.38. The number of nitrogens with one attached hydrogen (secondary N) is 2. The maximum Gasteiger partial charge on any atom is 0.401 e. The van der Waals surface area contributed by atoms with Crippen molar-refractivity contribution in [3.05, 3.63) is 53.1 Å². The van der Waals surface area contributed by atoms with Crippen molar-refractivity contribution in [3.63, 3.8) is 0 Å². The van der Waals surface area contributed by atoms with Gasteiger partial charge in [-0.25, -0.2) is 0 Å². The second-order valence-corrected chi connectivity index (χ2v) is 9.39. The Morgan fingerprint density at radius 2 is 1.65 bits per heavy atom. The van der Waals surface area contributed by atoms with Crippen molar-refractivity contribution >= 4 is 17.4 Å². The Hall–Kier alpha value is -3.15. The first-order valence-corrected chi connectivity index (χ1v) is 12.0. The van der Waals surface area contributed by atoms with Crippen LogP contribution in [0.1, 0.15) is 36.5 Å². The Bertz CT molecular complexity index is 1100. The number of piperazine rings is 1. The van der Waals surface area contributed by atoms with E-state index >= 15 is 0 Å². The standard InChI is InChI=1S/C26H34F3N5O3/c1-17(2)20-12-21(22(36)13-23(20)37-3)25(31)34(24(30)15-35)19-6-4-18(5-7-19)14-32-8-10-33(11-9-32)16-26(27,28)29/h4-7,12-13,17,30-31,35-36H,8-11,14-16H2,1-3H3. The van der Waals surface area contributed by atoms with Crippen molar-refractivity contribution < 1.29 is 28.1 Å². The van der Waals surface area contributed by atoms with Gasteiger partial charge >= 0.3 is 6.18 Å². The van der Waals surface area contributed by atoms with Crippen LogP contribution in [0, 0.1) is 10.8 Å². The Morgan fingerprint density at radius 3 is 2.16 bits per heavy atom. The van der Waals surface area contributed by atoms with E-state index in [-0.39, 0.29) is 28.9 Å². The number of ether oxygens (including phenoxy) is 1. The molecule has 0 bridgehead atoms. The number of amidine groups is 2. The van der Waals surface area contributed by atoms with Gasteiger partial charge in [-0.2, -0.15) is 13.2 Å². The average Bonchev–Trinajstić information content (AvgIpc) is 2.84. The van der Waals surface area contributed by atoms with Gasteiger partial charge in [-0.3, -0.25) is 25.5 Å². The molecule has 8 nitrogen and oxygen atoms in total. The number of aliphatic hydroxyl groups excluding tert-OH is 1. The van der Waals surface area contributed by atoms with Crippen LogP contribution in [0.15, 0.2) is 36.4 Å². The van der Waals surface area contributed by atoms with Gasteiger partial charge in [0.25, 0.3) is 0 Å². The van der Waals surface area contributed by atoms with Gasteiger partial charge in [-0.1, -0.05) is 26.0 Å². The molecule has 1 aliphatic heterocycles. The molecular formula is C26H34F3N5O3. The van der Waals surface area contributed by atoms with E-state index in [1.54, 1.807) is 18.2 Å². The highest BCUT2D eigenvalue weighted by molar-refractivity contribution is 6.24. The lowest BCUT2D eigenvalue weighted by Gasteiger charge is -2.35. The van der Waals surface area contributed by atoms with E-state index in [0.29, 0.717) is 44.2 Å². The molecule has 1 saturated heterocycles. The number of hydrogen-bond donors (Lipinski definition) is 4. The third-order valence-electron chi connectivity index (χ3n) is 6.34. The lowest BCUT2D eigenvalue weighted by Crippen LogP contribution is -2.48. The lowest BCUT2D eigenvalue weighted by atomic mass is 9.98. The number of aromatic hydroxyl groups is 1. The number of benzene rings is 2. The molecule has 1 heterocycles. The van der Waals surface area contributed by atoms with Crippen molar-refractivity contribution in [1.82, 2.24) is 9.80 Å². The van der Waals surface area contributed by atoms with Crippen LogP contribution in [0.3, 0.4) is 0 Å². The molecule has 3 rings (SSSR count). The Balaban J connectivity index is 1.77. The molecule has 4 N–H and O–H groups in total. The molecule has 0 atom stereocenters. The van der Waals surface area contributed by atoms with Crippen molar-refractivity contribution in [3.8, 4) is 11.5 Å². The van der Waals surface area contributed by atoms with Crippen LogP contribution in [0.2, 0.25) is 0 Å². The maximum absolute atomic E-state index is 12.6. The number of alkyl halides is 3. The highest BCUT2D eigenvalue weighted by atomic mass is 19.4. The summed E-state index contributed by atoms with van der Waals surface area (Å²) in [4.78, 5) is 4.74. The van der Waals surface area contributed by atoms with Crippen LogP contribution in [-0.2, 0) is 6.54 Å². The number of methoxy groups -OCH3 is 1. The first-order chi connectivity index (χ1) is 17.4. The minimum Gasteiger partial charge on any atom is -0.507 e. The van der Waals surface area contributed by atoms with E-state index in [0.717, 1.165) is 11.1 Å². The highest BCUT2D eigenvalue weighted by Gasteiger charge is 2.32. The lowest BCUT2D eigenvalue weighted by molar-refractivity contribution is -0.149. The quantitative estimate of drug-likeness (QED) is 0.309. The van der Waals surface area contributed by atoms with Crippen molar-refractivity contribution in [2.24, 2.45) is 0 Å². The fraction of sp³-hybridized carbons (Fsp3) is 0.462. The molecule has 37 heavy (non-hydrogen) atoms. The van der Waals surface area contributed by atoms with E-state index in [9.17, 15) is 23.4 Å². The van der Waals surface area contributed by atoms with Crippen molar-refractivity contribution in [2.45, 2.75) is 32.5 Å². The summed E-state index contributed by atoms with van der Waals surface area (Å²) in [5, 5.41) is 37.4. The van der Waals surface area contributed by atoms with Crippen LogP contribution in [-0.4, -0.2) is 84.3 Å². The maximum atomic E-state index is 12.6. The zero-order chi connectivity index (χ0) is 27.3. The first kappa shape index (κ1) is 28.4. The van der Waals surface area contributed by atoms with Crippen LogP contribution in [0.4, 0.5) is 18.9 Å². The molecule has 0 aromatic heterocycles. The number of halogens is 3. The Morgan fingerprint density at radius 1 is 1.05 bits per heavy atom. The number of aliphatic hydroxyl groups is 1. The molecule has 0 amide bonds. The number of hydrogen-bond acceptors (Lipinski definition) is 7. The summed E-state index contributed by atoms with van der Waals surface area (Å²) in [6.45, 7) is 4.73. The zero-order valence-corrected chi connectivity index (χ0v) is 21.3. The molecule has 202 valence electrons. The molecule has 0 radical (unpaired) electrons. The molecule has 1 aliphatic rings. The summed E-state index contributed by atoms with van der Waals surface area (Å²) in [6.07, 6.45) is -4.20. The zero-order valence-electron chi connectivity index (χ0n) is 21.3. The van der Waals surface area contributed by atoms with E-state index in [1.807, 2.05) is 26.0 Å². The fourth-order valence-corrected chi connectivity index (χ4v) is 4.38. The van der Waals surface area contributed by atoms with Gasteiger partial charge in [0.1, 0.15) is 29.8 Å². The van der Waals surface area contributed by atoms with Gasteiger partial charge in [0.05, 0.1) is 19.2 Å². The van der Waals surface area contributed by atoms with Gasteiger partial charge in [0.2, 0.25) is 0 Å².